The summed E-state index contributed by atoms with van der Waals surface area (Å²) in [6.45, 7) is 2.95. The lowest BCUT2D eigenvalue weighted by molar-refractivity contribution is 0.638. The minimum atomic E-state index is 0.346. The van der Waals surface area contributed by atoms with E-state index in [4.69, 9.17) is 18.0 Å². The number of nitrogens with one attached hydrogen (secondary N) is 1. The largest absolute Gasteiger partial charge is 0.389 e. The van der Waals surface area contributed by atoms with Crippen molar-refractivity contribution in [2.24, 2.45) is 5.73 Å². The maximum atomic E-state index is 5.81. The van der Waals surface area contributed by atoms with Crippen LogP contribution in [0.2, 0.25) is 0 Å². The van der Waals surface area contributed by atoms with E-state index in [2.05, 4.69) is 16.6 Å². The Morgan fingerprint density at radius 3 is 2.79 bits per heavy atom. The summed E-state index contributed by atoms with van der Waals surface area (Å²) in [4.78, 5) is 4.81. The monoisotopic (exact) mass is 295 g/mol. The van der Waals surface area contributed by atoms with E-state index < -0.39 is 0 Å². The Hall–Kier alpha value is -0.810. The molecule has 1 heterocycles. The van der Waals surface area contributed by atoms with Gasteiger partial charge >= 0.3 is 0 Å². The second-order valence-corrected chi connectivity index (χ2v) is 6.88. The van der Waals surface area contributed by atoms with E-state index in [9.17, 15) is 0 Å². The molecule has 1 aromatic rings. The van der Waals surface area contributed by atoms with Gasteiger partial charge in [0.05, 0.1) is 5.56 Å². The smallest absolute Gasteiger partial charge is 0.136 e. The summed E-state index contributed by atoms with van der Waals surface area (Å²) in [6, 6.07) is 1.94. The molecule has 0 unspecified atom stereocenters. The highest BCUT2D eigenvalue weighted by Crippen LogP contribution is 2.40. The highest BCUT2D eigenvalue weighted by molar-refractivity contribution is 8.00. The van der Waals surface area contributed by atoms with Crippen molar-refractivity contribution in [1.29, 1.82) is 0 Å². The number of aromatic nitrogens is 1. The molecule has 5 heteroatoms. The van der Waals surface area contributed by atoms with Crippen LogP contribution in [0.5, 0.6) is 0 Å². The van der Waals surface area contributed by atoms with Gasteiger partial charge in [-0.05, 0) is 37.7 Å². The Balaban J connectivity index is 2.15. The lowest BCUT2D eigenvalue weighted by Crippen LogP contribution is -2.31. The number of thioether (sulfide) groups is 1. The zero-order chi connectivity index (χ0) is 13.9. The summed E-state index contributed by atoms with van der Waals surface area (Å²) >= 11 is 7.10. The average Bonchev–Trinajstić information content (AvgIpc) is 2.85. The number of rotatable bonds is 5. The SMILES string of the molecule is CSC1(CNc2nccc(C)c2C(N)=S)CCCC1. The van der Waals surface area contributed by atoms with Gasteiger partial charge in [0, 0.05) is 17.5 Å². The maximum Gasteiger partial charge on any atom is 0.136 e. The molecule has 104 valence electrons. The minimum absolute atomic E-state index is 0.346. The predicted octanol–water partition coefficient (Wildman–Crippen LogP) is 3.11. The van der Waals surface area contributed by atoms with Gasteiger partial charge in [-0.3, -0.25) is 0 Å². The van der Waals surface area contributed by atoms with Crippen molar-refractivity contribution in [3.63, 3.8) is 0 Å². The molecular formula is C14H21N3S2. The van der Waals surface area contributed by atoms with Crippen LogP contribution in [0.1, 0.15) is 36.8 Å². The van der Waals surface area contributed by atoms with Crippen LogP contribution < -0.4 is 11.1 Å². The van der Waals surface area contributed by atoms with E-state index in [1.54, 1.807) is 6.20 Å². The molecule has 3 nitrogen and oxygen atoms in total. The summed E-state index contributed by atoms with van der Waals surface area (Å²) in [5, 5.41) is 3.47. The average molecular weight is 295 g/mol. The van der Waals surface area contributed by atoms with Gasteiger partial charge in [-0.1, -0.05) is 25.1 Å². The number of nitrogens with zero attached hydrogens (tertiary/aromatic N) is 1. The predicted molar refractivity (Wildman–Crippen MR) is 88.1 cm³/mol. The Bertz CT molecular complexity index is 468. The molecule has 0 aromatic carbocycles. The molecule has 0 bridgehead atoms. The number of hydrogen-bond donors (Lipinski definition) is 2. The highest BCUT2D eigenvalue weighted by atomic mass is 32.2. The molecule has 0 saturated heterocycles. The molecule has 0 radical (unpaired) electrons. The molecule has 0 amide bonds. The molecule has 1 saturated carbocycles. The topological polar surface area (TPSA) is 50.9 Å². The summed E-state index contributed by atoms with van der Waals surface area (Å²) < 4.78 is 0.346. The van der Waals surface area contributed by atoms with Crippen molar-refractivity contribution >= 4 is 34.8 Å². The Kier molecular flexibility index (Phi) is 4.68. The molecule has 19 heavy (non-hydrogen) atoms. The van der Waals surface area contributed by atoms with Crippen molar-refractivity contribution in [3.05, 3.63) is 23.4 Å². The standard InChI is InChI=1S/C14H21N3S2/c1-10-5-8-16-13(11(10)12(15)18)17-9-14(19-2)6-3-4-7-14/h5,8H,3-4,6-7,9H2,1-2H3,(H2,15,18)(H,16,17). The van der Waals surface area contributed by atoms with Gasteiger partial charge in [0.1, 0.15) is 10.8 Å². The van der Waals surface area contributed by atoms with E-state index in [1.165, 1.54) is 25.7 Å². The zero-order valence-corrected chi connectivity index (χ0v) is 13.2. The van der Waals surface area contributed by atoms with E-state index in [1.807, 2.05) is 24.8 Å². The van der Waals surface area contributed by atoms with Crippen LogP contribution in [0.15, 0.2) is 12.3 Å². The van der Waals surface area contributed by atoms with Gasteiger partial charge in [-0.15, -0.1) is 0 Å². The van der Waals surface area contributed by atoms with Gasteiger partial charge in [0.25, 0.3) is 0 Å². The summed E-state index contributed by atoms with van der Waals surface area (Å²) in [6.07, 6.45) is 9.20. The van der Waals surface area contributed by atoms with Gasteiger partial charge in [0.15, 0.2) is 0 Å². The van der Waals surface area contributed by atoms with Crippen LogP contribution in [-0.4, -0.2) is 27.5 Å². The van der Waals surface area contributed by atoms with Crippen LogP contribution in [0.25, 0.3) is 0 Å². The zero-order valence-electron chi connectivity index (χ0n) is 11.5. The third-order valence-corrected chi connectivity index (χ3v) is 5.55. The third kappa shape index (κ3) is 3.20. The second-order valence-electron chi connectivity index (χ2n) is 5.16. The fourth-order valence-electron chi connectivity index (χ4n) is 2.72. The Morgan fingerprint density at radius 2 is 2.21 bits per heavy atom. The van der Waals surface area contributed by atoms with Crippen molar-refractivity contribution in [3.8, 4) is 0 Å². The van der Waals surface area contributed by atoms with Crippen molar-refractivity contribution in [2.75, 3.05) is 18.1 Å². The van der Waals surface area contributed by atoms with Crippen molar-refractivity contribution in [1.82, 2.24) is 4.98 Å². The quantitative estimate of drug-likeness (QED) is 0.818. The number of pyridine rings is 1. The summed E-state index contributed by atoms with van der Waals surface area (Å²) in [5.41, 5.74) is 7.77. The molecule has 1 fully saturated rings. The first-order chi connectivity index (χ1) is 9.08. The van der Waals surface area contributed by atoms with Crippen LogP contribution in [-0.2, 0) is 0 Å². The van der Waals surface area contributed by atoms with Crippen LogP contribution in [0, 0.1) is 6.92 Å². The molecule has 0 spiro atoms. The Labute approximate surface area is 124 Å². The van der Waals surface area contributed by atoms with Crippen molar-refractivity contribution in [2.45, 2.75) is 37.4 Å². The molecule has 1 aliphatic rings. The molecule has 3 N–H and O–H groups in total. The molecule has 0 aliphatic heterocycles. The molecule has 2 rings (SSSR count). The summed E-state index contributed by atoms with van der Waals surface area (Å²) in [7, 11) is 0. The van der Waals surface area contributed by atoms with E-state index >= 15 is 0 Å². The van der Waals surface area contributed by atoms with E-state index in [0.717, 1.165) is 23.5 Å². The molecule has 0 atom stereocenters. The van der Waals surface area contributed by atoms with Crippen LogP contribution in [0.3, 0.4) is 0 Å². The van der Waals surface area contributed by atoms with Gasteiger partial charge < -0.3 is 11.1 Å². The normalized spacial score (nSPS) is 17.4. The maximum absolute atomic E-state index is 5.81. The molecule has 1 aliphatic carbocycles. The van der Waals surface area contributed by atoms with Crippen LogP contribution in [0.4, 0.5) is 5.82 Å². The summed E-state index contributed by atoms with van der Waals surface area (Å²) in [5.74, 6) is 0.827. The van der Waals surface area contributed by atoms with E-state index in [-0.39, 0.29) is 0 Å². The number of nitrogens with two attached hydrogens (primary N) is 1. The number of aryl methyl sites for hydroxylation is 1. The minimum Gasteiger partial charge on any atom is -0.389 e. The molecular weight excluding hydrogens is 274 g/mol. The van der Waals surface area contributed by atoms with Gasteiger partial charge in [0.2, 0.25) is 0 Å². The van der Waals surface area contributed by atoms with Crippen LogP contribution >= 0.6 is 24.0 Å². The first kappa shape index (κ1) is 14.6. The fourth-order valence-corrected chi connectivity index (χ4v) is 3.89. The number of hydrogen-bond acceptors (Lipinski definition) is 4. The highest BCUT2D eigenvalue weighted by Gasteiger charge is 2.33. The van der Waals surface area contributed by atoms with Gasteiger partial charge in [-0.25, -0.2) is 4.98 Å². The second kappa shape index (κ2) is 6.09. The number of anilines is 1. The Morgan fingerprint density at radius 1 is 1.53 bits per heavy atom. The first-order valence-electron chi connectivity index (χ1n) is 6.62. The van der Waals surface area contributed by atoms with E-state index in [0.29, 0.717) is 9.74 Å². The lowest BCUT2D eigenvalue weighted by Gasteiger charge is -2.27. The lowest BCUT2D eigenvalue weighted by atomic mass is 10.1. The first-order valence-corrected chi connectivity index (χ1v) is 8.26. The van der Waals surface area contributed by atoms with Crippen molar-refractivity contribution < 1.29 is 0 Å². The van der Waals surface area contributed by atoms with Gasteiger partial charge in [-0.2, -0.15) is 11.8 Å². The fraction of sp³-hybridized carbons (Fsp3) is 0.571. The molecule has 1 aromatic heterocycles. The number of thiocarbonyl (C=S) groups is 1. The third-order valence-electron chi connectivity index (χ3n) is 3.93.